The average Bonchev–Trinajstić information content (AvgIpc) is 2.34. The third kappa shape index (κ3) is 4.53. The van der Waals surface area contributed by atoms with E-state index in [-0.39, 0.29) is 5.54 Å². The number of hydrogen-bond donors (Lipinski definition) is 2. The molecule has 1 aromatic rings. The maximum atomic E-state index is 4.29. The lowest BCUT2D eigenvalue weighted by molar-refractivity contribution is 0.210. The Morgan fingerprint density at radius 2 is 2.00 bits per heavy atom. The van der Waals surface area contributed by atoms with Crippen molar-refractivity contribution in [2.45, 2.75) is 32.7 Å². The van der Waals surface area contributed by atoms with Gasteiger partial charge in [-0.1, -0.05) is 6.92 Å². The highest BCUT2D eigenvalue weighted by Gasteiger charge is 2.19. The van der Waals surface area contributed by atoms with Crippen LogP contribution < -0.4 is 10.6 Å². The van der Waals surface area contributed by atoms with E-state index >= 15 is 0 Å². The van der Waals surface area contributed by atoms with Gasteiger partial charge in [-0.05, 0) is 40.4 Å². The molecule has 0 fully saturated rings. The Morgan fingerprint density at radius 3 is 2.61 bits per heavy atom. The van der Waals surface area contributed by atoms with Crippen LogP contribution in [-0.2, 0) is 0 Å². The number of likely N-dealkylation sites (N-methyl/N-ethyl adjacent to an activating group) is 1. The summed E-state index contributed by atoms with van der Waals surface area (Å²) in [6.07, 6.45) is 2.94. The summed E-state index contributed by atoms with van der Waals surface area (Å²) >= 11 is 0. The first-order chi connectivity index (χ1) is 8.45. The molecule has 1 heterocycles. The fourth-order valence-electron chi connectivity index (χ4n) is 1.37. The molecular formula is C14H26N4. The van der Waals surface area contributed by atoms with Gasteiger partial charge in [0.1, 0.15) is 5.82 Å². The van der Waals surface area contributed by atoms with Crippen molar-refractivity contribution >= 4 is 11.5 Å². The fourth-order valence-corrected chi connectivity index (χ4v) is 1.37. The summed E-state index contributed by atoms with van der Waals surface area (Å²) in [7, 11) is 4.20. The SMILES string of the molecule is CCCNc1cc(NCC(C)(C)N(C)C)ccn1. The molecule has 18 heavy (non-hydrogen) atoms. The Labute approximate surface area is 111 Å². The van der Waals surface area contributed by atoms with Gasteiger partial charge in [-0.3, -0.25) is 0 Å². The van der Waals surface area contributed by atoms with E-state index in [1.165, 1.54) is 0 Å². The van der Waals surface area contributed by atoms with Crippen molar-refractivity contribution < 1.29 is 0 Å². The molecule has 2 N–H and O–H groups in total. The highest BCUT2D eigenvalue weighted by molar-refractivity contribution is 5.52. The highest BCUT2D eigenvalue weighted by atomic mass is 15.2. The number of rotatable bonds is 7. The van der Waals surface area contributed by atoms with Crippen molar-refractivity contribution in [1.82, 2.24) is 9.88 Å². The standard InChI is InChI=1S/C14H26N4/c1-6-8-15-13-10-12(7-9-16-13)17-11-14(2,3)18(4)5/h7,9-10H,6,8,11H2,1-5H3,(H2,15,16,17). The fraction of sp³-hybridized carbons (Fsp3) is 0.643. The molecule has 0 amide bonds. The molecule has 0 saturated heterocycles. The Bertz CT molecular complexity index is 361. The minimum absolute atomic E-state index is 0.125. The molecule has 0 aromatic carbocycles. The van der Waals surface area contributed by atoms with Gasteiger partial charge in [-0.25, -0.2) is 4.98 Å². The van der Waals surface area contributed by atoms with Gasteiger partial charge in [0, 0.05) is 36.6 Å². The number of anilines is 2. The number of nitrogens with one attached hydrogen (secondary N) is 2. The maximum Gasteiger partial charge on any atom is 0.127 e. The molecule has 0 bridgehead atoms. The van der Waals surface area contributed by atoms with Crippen LogP contribution in [0.2, 0.25) is 0 Å². The summed E-state index contributed by atoms with van der Waals surface area (Å²) in [5, 5.41) is 6.75. The molecule has 0 saturated carbocycles. The largest absolute Gasteiger partial charge is 0.383 e. The number of hydrogen-bond acceptors (Lipinski definition) is 4. The summed E-state index contributed by atoms with van der Waals surface area (Å²) in [5.41, 5.74) is 1.24. The van der Waals surface area contributed by atoms with Crippen LogP contribution in [0.3, 0.4) is 0 Å². The smallest absolute Gasteiger partial charge is 0.127 e. The van der Waals surface area contributed by atoms with Gasteiger partial charge in [-0.2, -0.15) is 0 Å². The third-order valence-electron chi connectivity index (χ3n) is 3.25. The normalized spacial score (nSPS) is 11.7. The second-order valence-electron chi connectivity index (χ2n) is 5.42. The quantitative estimate of drug-likeness (QED) is 0.780. The molecule has 1 rings (SSSR count). The molecule has 4 nitrogen and oxygen atoms in total. The molecule has 0 unspecified atom stereocenters. The van der Waals surface area contributed by atoms with Crippen molar-refractivity contribution in [3.8, 4) is 0 Å². The van der Waals surface area contributed by atoms with E-state index in [1.807, 2.05) is 12.3 Å². The second kappa shape index (κ2) is 6.59. The molecule has 102 valence electrons. The molecule has 4 heteroatoms. The van der Waals surface area contributed by atoms with Gasteiger partial charge in [-0.15, -0.1) is 0 Å². The topological polar surface area (TPSA) is 40.2 Å². The van der Waals surface area contributed by atoms with E-state index in [1.54, 1.807) is 0 Å². The van der Waals surface area contributed by atoms with Gasteiger partial charge in [0.05, 0.1) is 0 Å². The first-order valence-corrected chi connectivity index (χ1v) is 6.57. The van der Waals surface area contributed by atoms with E-state index in [0.717, 1.165) is 31.0 Å². The molecule has 0 aliphatic heterocycles. The summed E-state index contributed by atoms with van der Waals surface area (Å²) in [4.78, 5) is 6.51. The molecule has 0 radical (unpaired) electrons. The molecule has 0 aliphatic carbocycles. The van der Waals surface area contributed by atoms with Crippen LogP contribution in [0, 0.1) is 0 Å². The predicted molar refractivity (Wildman–Crippen MR) is 79.3 cm³/mol. The van der Waals surface area contributed by atoms with Crippen LogP contribution in [0.5, 0.6) is 0 Å². The Hall–Kier alpha value is -1.29. The van der Waals surface area contributed by atoms with Crippen molar-refractivity contribution in [3.63, 3.8) is 0 Å². The minimum Gasteiger partial charge on any atom is -0.383 e. The van der Waals surface area contributed by atoms with E-state index in [2.05, 4.69) is 61.5 Å². The van der Waals surface area contributed by atoms with Gasteiger partial charge >= 0.3 is 0 Å². The van der Waals surface area contributed by atoms with Gasteiger partial charge < -0.3 is 15.5 Å². The first-order valence-electron chi connectivity index (χ1n) is 6.57. The van der Waals surface area contributed by atoms with Crippen molar-refractivity contribution in [2.24, 2.45) is 0 Å². The Balaban J connectivity index is 2.57. The highest BCUT2D eigenvalue weighted by Crippen LogP contribution is 2.15. The molecule has 0 spiro atoms. The second-order valence-corrected chi connectivity index (χ2v) is 5.42. The van der Waals surface area contributed by atoms with Crippen LogP contribution in [0.15, 0.2) is 18.3 Å². The molecule has 1 aromatic heterocycles. The summed E-state index contributed by atoms with van der Waals surface area (Å²) in [6.45, 7) is 8.44. The molecule has 0 atom stereocenters. The lowest BCUT2D eigenvalue weighted by Crippen LogP contribution is -2.44. The minimum atomic E-state index is 0.125. The zero-order valence-electron chi connectivity index (χ0n) is 12.2. The first kappa shape index (κ1) is 14.8. The number of aromatic nitrogens is 1. The summed E-state index contributed by atoms with van der Waals surface area (Å²) < 4.78 is 0. The van der Waals surface area contributed by atoms with E-state index < -0.39 is 0 Å². The van der Waals surface area contributed by atoms with Crippen LogP contribution >= 0.6 is 0 Å². The Morgan fingerprint density at radius 1 is 1.28 bits per heavy atom. The number of pyridine rings is 1. The van der Waals surface area contributed by atoms with Crippen molar-refractivity contribution in [3.05, 3.63) is 18.3 Å². The summed E-state index contributed by atoms with van der Waals surface area (Å²) in [6, 6.07) is 4.06. The lowest BCUT2D eigenvalue weighted by atomic mass is 10.0. The van der Waals surface area contributed by atoms with Gasteiger partial charge in [0.15, 0.2) is 0 Å². The van der Waals surface area contributed by atoms with E-state index in [9.17, 15) is 0 Å². The zero-order valence-corrected chi connectivity index (χ0v) is 12.2. The predicted octanol–water partition coefficient (Wildman–Crippen LogP) is 2.66. The van der Waals surface area contributed by atoms with Gasteiger partial charge in [0.25, 0.3) is 0 Å². The molecular weight excluding hydrogens is 224 g/mol. The Kier molecular flexibility index (Phi) is 5.41. The number of nitrogens with zero attached hydrogens (tertiary/aromatic N) is 2. The monoisotopic (exact) mass is 250 g/mol. The van der Waals surface area contributed by atoms with Gasteiger partial charge in [0.2, 0.25) is 0 Å². The van der Waals surface area contributed by atoms with E-state index in [4.69, 9.17) is 0 Å². The third-order valence-corrected chi connectivity index (χ3v) is 3.25. The van der Waals surface area contributed by atoms with E-state index in [0.29, 0.717) is 0 Å². The van der Waals surface area contributed by atoms with Crippen LogP contribution in [-0.4, -0.2) is 42.6 Å². The molecule has 0 aliphatic rings. The van der Waals surface area contributed by atoms with Crippen molar-refractivity contribution in [2.75, 3.05) is 37.8 Å². The zero-order chi connectivity index (χ0) is 13.6. The van der Waals surface area contributed by atoms with Crippen LogP contribution in [0.1, 0.15) is 27.2 Å². The van der Waals surface area contributed by atoms with Crippen LogP contribution in [0.4, 0.5) is 11.5 Å². The maximum absolute atomic E-state index is 4.29. The van der Waals surface area contributed by atoms with Crippen molar-refractivity contribution in [1.29, 1.82) is 0 Å². The van der Waals surface area contributed by atoms with Crippen LogP contribution in [0.25, 0.3) is 0 Å². The summed E-state index contributed by atoms with van der Waals surface area (Å²) in [5.74, 6) is 0.935. The lowest BCUT2D eigenvalue weighted by Gasteiger charge is -2.33. The average molecular weight is 250 g/mol.